The van der Waals surface area contributed by atoms with E-state index in [4.69, 9.17) is 5.11 Å². The van der Waals surface area contributed by atoms with Crippen molar-refractivity contribution >= 4 is 5.97 Å². The van der Waals surface area contributed by atoms with Crippen LogP contribution >= 0.6 is 0 Å². The molecular weight excluding hydrogens is 249 g/mol. The summed E-state index contributed by atoms with van der Waals surface area (Å²) in [5, 5.41) is 9.02. The highest BCUT2D eigenvalue weighted by atomic mass is 19.4. The molecule has 1 aromatic carbocycles. The van der Waals surface area contributed by atoms with Gasteiger partial charge in [-0.05, 0) is 24.1 Å². The minimum Gasteiger partial charge on any atom is -0.481 e. The van der Waals surface area contributed by atoms with Crippen molar-refractivity contribution in [2.75, 3.05) is 0 Å². The summed E-state index contributed by atoms with van der Waals surface area (Å²) in [5.74, 6) is -2.27. The van der Waals surface area contributed by atoms with Crippen molar-refractivity contribution in [2.45, 2.75) is 32.0 Å². The third-order valence-electron chi connectivity index (χ3n) is 2.37. The van der Waals surface area contributed by atoms with Gasteiger partial charge in [0.25, 0.3) is 0 Å². The molecule has 1 aromatic rings. The van der Waals surface area contributed by atoms with Gasteiger partial charge in [-0.3, -0.25) is 4.79 Å². The fourth-order valence-electron chi connectivity index (χ4n) is 1.65. The molecule has 0 aliphatic carbocycles. The molecule has 6 heteroatoms. The Morgan fingerprint density at radius 3 is 2.61 bits per heavy atom. The van der Waals surface area contributed by atoms with Crippen molar-refractivity contribution in [3.8, 4) is 5.75 Å². The minimum absolute atomic E-state index is 0.311. The number of hydrogen-bond acceptors (Lipinski definition) is 2. The lowest BCUT2D eigenvalue weighted by Crippen LogP contribution is -2.17. The average Bonchev–Trinajstić information content (AvgIpc) is 2.23. The summed E-state index contributed by atoms with van der Waals surface area (Å²) in [5.41, 5.74) is 0.311. The van der Waals surface area contributed by atoms with Crippen LogP contribution in [0.15, 0.2) is 24.3 Å². The summed E-state index contributed by atoms with van der Waals surface area (Å²) in [7, 11) is 0. The van der Waals surface area contributed by atoms with Crippen LogP contribution in [0.25, 0.3) is 0 Å². The Hall–Kier alpha value is -1.72. The van der Waals surface area contributed by atoms with Gasteiger partial charge in [-0.15, -0.1) is 13.2 Å². The quantitative estimate of drug-likeness (QED) is 0.882. The van der Waals surface area contributed by atoms with Gasteiger partial charge in [0.15, 0.2) is 0 Å². The number of halogens is 3. The molecule has 1 unspecified atom stereocenters. The van der Waals surface area contributed by atoms with E-state index in [0.29, 0.717) is 18.4 Å². The van der Waals surface area contributed by atoms with Crippen LogP contribution in [0.4, 0.5) is 13.2 Å². The summed E-state index contributed by atoms with van der Waals surface area (Å²) in [6.07, 6.45) is -3.78. The second-order valence-electron chi connectivity index (χ2n) is 3.80. The molecule has 100 valence electrons. The molecule has 1 rings (SSSR count). The van der Waals surface area contributed by atoms with E-state index in [0.717, 1.165) is 12.1 Å². The second-order valence-corrected chi connectivity index (χ2v) is 3.80. The first-order valence-corrected chi connectivity index (χ1v) is 5.42. The maximum atomic E-state index is 12.0. The molecule has 0 fully saturated rings. The molecule has 1 atom stereocenters. The number of carboxylic acids is 1. The lowest BCUT2D eigenvalue weighted by atomic mass is 9.94. The van der Waals surface area contributed by atoms with Gasteiger partial charge in [-0.1, -0.05) is 25.5 Å². The van der Waals surface area contributed by atoms with Gasteiger partial charge in [0, 0.05) is 0 Å². The summed E-state index contributed by atoms with van der Waals surface area (Å²) in [4.78, 5) is 11.0. The van der Waals surface area contributed by atoms with Gasteiger partial charge in [-0.2, -0.15) is 0 Å². The Bertz CT molecular complexity index is 415. The second kappa shape index (κ2) is 5.75. The maximum Gasteiger partial charge on any atom is 0.573 e. The maximum absolute atomic E-state index is 12.0. The fraction of sp³-hybridized carbons (Fsp3) is 0.417. The van der Waals surface area contributed by atoms with Crippen molar-refractivity contribution in [2.24, 2.45) is 0 Å². The zero-order chi connectivity index (χ0) is 13.8. The zero-order valence-electron chi connectivity index (χ0n) is 9.70. The normalized spacial score (nSPS) is 13.1. The first-order chi connectivity index (χ1) is 8.33. The smallest absolute Gasteiger partial charge is 0.481 e. The lowest BCUT2D eigenvalue weighted by Gasteiger charge is -2.14. The molecule has 0 amide bonds. The van der Waals surface area contributed by atoms with Gasteiger partial charge in [-0.25, -0.2) is 0 Å². The first-order valence-electron chi connectivity index (χ1n) is 5.42. The highest BCUT2D eigenvalue weighted by molar-refractivity contribution is 5.76. The molecule has 18 heavy (non-hydrogen) atoms. The van der Waals surface area contributed by atoms with Crippen LogP contribution in [0.5, 0.6) is 5.75 Å². The molecule has 0 saturated carbocycles. The highest BCUT2D eigenvalue weighted by Crippen LogP contribution is 2.28. The molecule has 0 bridgehead atoms. The number of alkyl halides is 3. The third-order valence-corrected chi connectivity index (χ3v) is 2.37. The Balaban J connectivity index is 2.95. The number of aliphatic carboxylic acids is 1. The Kier molecular flexibility index (Phi) is 4.58. The Morgan fingerprint density at radius 1 is 1.44 bits per heavy atom. The number of rotatable bonds is 5. The molecule has 0 aromatic heterocycles. The van der Waals surface area contributed by atoms with E-state index < -0.39 is 24.0 Å². The number of hydrogen-bond donors (Lipinski definition) is 1. The highest BCUT2D eigenvalue weighted by Gasteiger charge is 2.31. The van der Waals surface area contributed by atoms with Gasteiger partial charge < -0.3 is 9.84 Å². The third kappa shape index (κ3) is 4.27. The molecule has 0 aliphatic heterocycles. The van der Waals surface area contributed by atoms with Crippen LogP contribution in [0.1, 0.15) is 31.2 Å². The number of carboxylic acid groups (broad SMARTS) is 1. The van der Waals surface area contributed by atoms with E-state index in [1.165, 1.54) is 12.1 Å². The number of carbonyl (C=O) groups is 1. The van der Waals surface area contributed by atoms with E-state index in [1.807, 2.05) is 6.92 Å². The zero-order valence-corrected chi connectivity index (χ0v) is 9.70. The van der Waals surface area contributed by atoms with E-state index >= 15 is 0 Å². The Morgan fingerprint density at radius 2 is 2.11 bits per heavy atom. The van der Waals surface area contributed by atoms with Crippen LogP contribution in [-0.2, 0) is 4.79 Å². The SMILES string of the molecule is CCCC(C(=O)O)c1cccc(OC(F)(F)F)c1. The monoisotopic (exact) mass is 262 g/mol. The van der Waals surface area contributed by atoms with Crippen molar-refractivity contribution < 1.29 is 27.8 Å². The van der Waals surface area contributed by atoms with Crippen molar-refractivity contribution in [1.82, 2.24) is 0 Å². The largest absolute Gasteiger partial charge is 0.573 e. The number of ether oxygens (including phenoxy) is 1. The molecule has 0 spiro atoms. The molecule has 1 N–H and O–H groups in total. The van der Waals surface area contributed by atoms with Gasteiger partial charge in [0.05, 0.1) is 5.92 Å². The van der Waals surface area contributed by atoms with Crippen LogP contribution in [-0.4, -0.2) is 17.4 Å². The molecular formula is C12H13F3O3. The van der Waals surface area contributed by atoms with E-state index in [1.54, 1.807) is 0 Å². The van der Waals surface area contributed by atoms with Crippen LogP contribution in [0, 0.1) is 0 Å². The topological polar surface area (TPSA) is 46.5 Å². The molecule has 0 aliphatic rings. The van der Waals surface area contributed by atoms with Gasteiger partial charge in [0.2, 0.25) is 0 Å². The summed E-state index contributed by atoms with van der Waals surface area (Å²) in [6, 6.07) is 5.09. The Labute approximate surface area is 102 Å². The van der Waals surface area contributed by atoms with Crippen molar-refractivity contribution in [3.05, 3.63) is 29.8 Å². The van der Waals surface area contributed by atoms with Crippen molar-refractivity contribution in [1.29, 1.82) is 0 Å². The lowest BCUT2D eigenvalue weighted by molar-refractivity contribution is -0.274. The predicted octanol–water partition coefficient (Wildman–Crippen LogP) is 3.55. The first kappa shape index (κ1) is 14.3. The molecule has 0 heterocycles. The average molecular weight is 262 g/mol. The van der Waals surface area contributed by atoms with Crippen LogP contribution in [0.3, 0.4) is 0 Å². The molecule has 3 nitrogen and oxygen atoms in total. The van der Waals surface area contributed by atoms with Crippen LogP contribution in [0.2, 0.25) is 0 Å². The van der Waals surface area contributed by atoms with Crippen molar-refractivity contribution in [3.63, 3.8) is 0 Å². The standard InChI is InChI=1S/C12H13F3O3/c1-2-4-10(11(16)17)8-5-3-6-9(7-8)18-12(13,14)15/h3,5-7,10H,2,4H2,1H3,(H,16,17). The van der Waals surface area contributed by atoms with Gasteiger partial charge >= 0.3 is 12.3 Å². The molecule has 0 saturated heterocycles. The van der Waals surface area contributed by atoms with E-state index in [9.17, 15) is 18.0 Å². The molecule has 0 radical (unpaired) electrons. The summed E-state index contributed by atoms with van der Waals surface area (Å²) in [6.45, 7) is 1.81. The van der Waals surface area contributed by atoms with E-state index in [-0.39, 0.29) is 0 Å². The van der Waals surface area contributed by atoms with E-state index in [2.05, 4.69) is 4.74 Å². The summed E-state index contributed by atoms with van der Waals surface area (Å²) < 4.78 is 39.9. The van der Waals surface area contributed by atoms with Crippen LogP contribution < -0.4 is 4.74 Å². The predicted molar refractivity (Wildman–Crippen MR) is 58.4 cm³/mol. The summed E-state index contributed by atoms with van der Waals surface area (Å²) >= 11 is 0. The van der Waals surface area contributed by atoms with Gasteiger partial charge in [0.1, 0.15) is 5.75 Å². The number of benzene rings is 1. The fourth-order valence-corrected chi connectivity index (χ4v) is 1.65. The minimum atomic E-state index is -4.78.